The lowest BCUT2D eigenvalue weighted by molar-refractivity contribution is -0.660. The third kappa shape index (κ3) is 23.6. The Morgan fingerprint density at radius 2 is 0.709 bits per heavy atom. The van der Waals surface area contributed by atoms with Gasteiger partial charge in [-0.15, -0.1) is 0 Å². The van der Waals surface area contributed by atoms with E-state index >= 15 is 0 Å². The van der Waals surface area contributed by atoms with Crippen molar-refractivity contribution < 1.29 is 22.8 Å². The van der Waals surface area contributed by atoms with Gasteiger partial charge in [0.1, 0.15) is 35.2 Å². The zero-order valence-electron chi connectivity index (χ0n) is 72.4. The molecule has 0 saturated heterocycles. The lowest BCUT2D eigenvalue weighted by Crippen LogP contribution is -2.44. The topological polar surface area (TPSA) is 19.4 Å². The molecule has 5 heterocycles. The quantitative estimate of drug-likeness (QED) is 0.0639. The van der Waals surface area contributed by atoms with Gasteiger partial charge in [0.25, 0.3) is 0 Å². The highest BCUT2D eigenvalue weighted by Gasteiger charge is 2.27. The van der Waals surface area contributed by atoms with Gasteiger partial charge >= 0.3 is 0 Å². The van der Waals surface area contributed by atoms with Crippen molar-refractivity contribution in [2.45, 2.75) is 256 Å². The van der Waals surface area contributed by atoms with Crippen LogP contribution in [0, 0.1) is 71.1 Å². The van der Waals surface area contributed by atoms with Crippen LogP contribution in [-0.4, -0.2) is 8.07 Å². The second kappa shape index (κ2) is 39.0. The van der Waals surface area contributed by atoms with Crippen LogP contribution in [0.2, 0.25) is 19.6 Å². The molecule has 0 amide bonds. The van der Waals surface area contributed by atoms with Gasteiger partial charge in [-0.05, 0) is 212 Å². The molecule has 5 nitrogen and oxygen atoms in total. The summed E-state index contributed by atoms with van der Waals surface area (Å²) in [6, 6.07) is 59.7. The summed E-state index contributed by atoms with van der Waals surface area (Å²) in [7, 11) is 9.55. The number of aryl methyl sites for hydroxylation is 11. The monoisotopic (exact) mass is 1490 g/mol. The van der Waals surface area contributed by atoms with Crippen molar-refractivity contribution in [1.29, 1.82) is 0 Å². The average molecular weight is 1490 g/mol. The summed E-state index contributed by atoms with van der Waals surface area (Å²) in [4.78, 5) is 0. The molecule has 5 aromatic heterocycles. The molecule has 0 aliphatic heterocycles. The van der Waals surface area contributed by atoms with Crippen molar-refractivity contribution in [3.8, 4) is 56.3 Å². The van der Waals surface area contributed by atoms with E-state index in [1.54, 1.807) is 0 Å². The molecule has 0 atom stereocenters. The van der Waals surface area contributed by atoms with Crippen molar-refractivity contribution in [3.63, 3.8) is 0 Å². The number of hydrogen-bond donors (Lipinski definition) is 0. The van der Waals surface area contributed by atoms with E-state index in [-0.39, 0.29) is 5.41 Å². The zero-order valence-corrected chi connectivity index (χ0v) is 73.4. The Morgan fingerprint density at radius 3 is 1.05 bits per heavy atom. The van der Waals surface area contributed by atoms with Gasteiger partial charge < -0.3 is 0 Å². The fraction of sp³-hybridized carbons (Fsp3) is 0.471. The highest BCUT2D eigenvalue weighted by molar-refractivity contribution is 6.88. The molecule has 0 bridgehead atoms. The number of rotatable bonds is 17. The first-order valence-electron chi connectivity index (χ1n) is 42.8. The Labute approximate surface area is 669 Å². The summed E-state index contributed by atoms with van der Waals surface area (Å²) >= 11 is 0. The Hall–Kier alpha value is -7.93. The van der Waals surface area contributed by atoms with Crippen LogP contribution in [-0.2, 0) is 72.8 Å². The Balaban J connectivity index is 0.000000147. The summed E-state index contributed by atoms with van der Waals surface area (Å²) < 4.78 is 11.3. The summed E-state index contributed by atoms with van der Waals surface area (Å²) in [5.41, 5.74) is 32.1. The van der Waals surface area contributed by atoms with Crippen molar-refractivity contribution >= 4 is 13.3 Å². The maximum atomic E-state index is 2.42. The van der Waals surface area contributed by atoms with E-state index in [0.29, 0.717) is 11.8 Å². The Kier molecular flexibility index (Phi) is 30.0. The molecule has 10 aromatic rings. The second-order valence-electron chi connectivity index (χ2n) is 37.1. The molecule has 4 aliphatic rings. The van der Waals surface area contributed by atoms with Gasteiger partial charge in [0.05, 0.1) is 8.07 Å². The molecule has 4 aliphatic carbocycles. The lowest BCUT2D eigenvalue weighted by atomic mass is 9.85. The maximum Gasteiger partial charge on any atom is 0.212 e. The molecule has 0 N–H and O–H groups in total. The van der Waals surface area contributed by atoms with Crippen LogP contribution in [0.3, 0.4) is 0 Å². The van der Waals surface area contributed by atoms with Gasteiger partial charge in [-0.25, -0.2) is 22.8 Å². The van der Waals surface area contributed by atoms with Gasteiger partial charge in [-0.3, -0.25) is 0 Å². The first-order valence-corrected chi connectivity index (χ1v) is 46.3. The molecule has 4 fully saturated rings. The molecular weight excluding hydrogens is 1350 g/mol. The molecule has 0 radical (unpaired) electrons. The van der Waals surface area contributed by atoms with Crippen molar-refractivity contribution in [2.75, 3.05) is 0 Å². The zero-order chi connectivity index (χ0) is 79.0. The highest BCUT2D eigenvalue weighted by atomic mass is 28.3. The number of hydrogen-bond acceptors (Lipinski definition) is 0. The summed E-state index contributed by atoms with van der Waals surface area (Å²) in [5.74, 6) is 4.91. The fourth-order valence-corrected chi connectivity index (χ4v) is 19.0. The van der Waals surface area contributed by atoms with Gasteiger partial charge in [-0.1, -0.05) is 249 Å². The van der Waals surface area contributed by atoms with E-state index in [1.165, 1.54) is 262 Å². The SMILES string of the molecule is Cc1cc(C(C)(C)C)ccc1-c1cc(CC2CCCC2)cc[n+]1C.Cc1cc(C(C)C)ccc1-c1cc(CC2CCCC2)cc[n+]1C.Cc1cc(CC(C)C)ccc1-c1cc(CC2CCCC2)cc[n+]1C.Cc1ccc(-c2cc(CC3CCCC3)cc[n+]2C)c(C)c1.Cc1ccccc1-c1ccc([Si](C)(C)C)c[n+]1C. The second-order valence-corrected chi connectivity index (χ2v) is 42.2. The molecule has 4 saturated carbocycles. The van der Waals surface area contributed by atoms with Crippen LogP contribution in [0.15, 0.2) is 189 Å². The number of nitrogens with zero attached hydrogens (tertiary/aromatic N) is 5. The van der Waals surface area contributed by atoms with Gasteiger partial charge in [-0.2, -0.15) is 0 Å². The minimum atomic E-state index is -1.22. The predicted octanol–water partition coefficient (Wildman–Crippen LogP) is 23.8. The molecular formula is C104H142N5Si+5. The summed E-state index contributed by atoms with van der Waals surface area (Å²) in [6.07, 6.45) is 40.1. The normalized spacial score (nSPS) is 14.9. The van der Waals surface area contributed by atoms with Crippen LogP contribution in [0.25, 0.3) is 56.3 Å². The van der Waals surface area contributed by atoms with Crippen LogP contribution in [0.1, 0.15) is 229 Å². The third-order valence-corrected chi connectivity index (χ3v) is 26.7. The molecule has 0 spiro atoms. The van der Waals surface area contributed by atoms with E-state index in [9.17, 15) is 0 Å². The minimum absolute atomic E-state index is 0.204. The predicted molar refractivity (Wildman–Crippen MR) is 471 cm³/mol. The molecule has 14 rings (SSSR count). The number of benzene rings is 5. The molecule has 110 heavy (non-hydrogen) atoms. The van der Waals surface area contributed by atoms with Gasteiger partial charge in [0.2, 0.25) is 28.5 Å². The van der Waals surface area contributed by atoms with Crippen LogP contribution in [0.4, 0.5) is 0 Å². The third-order valence-electron chi connectivity index (χ3n) is 24.7. The molecule has 582 valence electrons. The van der Waals surface area contributed by atoms with Crippen LogP contribution in [0.5, 0.6) is 0 Å². The van der Waals surface area contributed by atoms with Crippen molar-refractivity contribution in [3.05, 3.63) is 261 Å². The molecule has 0 unspecified atom stereocenters. The molecule has 5 aromatic carbocycles. The van der Waals surface area contributed by atoms with Gasteiger partial charge in [0.15, 0.2) is 31.0 Å². The maximum absolute atomic E-state index is 2.42. The highest BCUT2D eigenvalue weighted by Crippen LogP contribution is 2.36. The first kappa shape index (κ1) is 84.5. The number of aromatic nitrogens is 5. The fourth-order valence-electron chi connectivity index (χ4n) is 17.9. The molecule has 6 heteroatoms. The lowest BCUT2D eigenvalue weighted by Gasteiger charge is -2.20. The summed E-state index contributed by atoms with van der Waals surface area (Å²) in [6.45, 7) is 36.4. The first-order chi connectivity index (χ1) is 52.4. The van der Waals surface area contributed by atoms with E-state index in [2.05, 4.69) is 356 Å². The van der Waals surface area contributed by atoms with E-state index in [4.69, 9.17) is 0 Å². The Bertz CT molecular complexity index is 4660. The van der Waals surface area contributed by atoms with E-state index in [1.807, 2.05) is 0 Å². The van der Waals surface area contributed by atoms with Crippen molar-refractivity contribution in [2.24, 2.45) is 64.8 Å². The smallest absolute Gasteiger partial charge is 0.201 e. The van der Waals surface area contributed by atoms with Crippen LogP contribution >= 0.6 is 0 Å². The standard InChI is InChI=1S/2C23H32N.C22H30N.C20H26N.C16H22NSi/c1-17-14-20(23(2,3)4)10-11-21(17)22-16-19(12-13-24(22)5)15-18-8-6-7-9-18;1-17(2)13-20-9-10-22(18(3)14-20)23-16-21(11-12-24(23)4)15-19-7-5-6-8-19;1-16(2)20-9-10-21(17(3)13-20)22-15-19(11-12-23(22)4)14-18-7-5-6-8-18;1-15-8-9-19(16(2)12-15)20-14-18(10-11-21(20)3)13-17-6-4-5-7-17;1-13-8-6-7-9-15(13)16-11-10-14(12-17(16)2)18(3,4)5/h10-14,16,18H,6-9,15H2,1-5H3;9-12,14,16-17,19H,5-8,13,15H2,1-4H3;9-13,15-16,18H,5-8,14H2,1-4H3;8-12,14,17H,4-7,13H2,1-3H3;6-12H,1-5H3/q5*+1. The van der Waals surface area contributed by atoms with Gasteiger partial charge in [0, 0.05) is 87.6 Å². The van der Waals surface area contributed by atoms with E-state index < -0.39 is 8.07 Å². The Morgan fingerprint density at radius 1 is 0.345 bits per heavy atom. The van der Waals surface area contributed by atoms with Crippen LogP contribution < -0.4 is 28.0 Å². The average Bonchev–Trinajstić information content (AvgIpc) is 0.925. The van der Waals surface area contributed by atoms with Crippen molar-refractivity contribution in [1.82, 2.24) is 0 Å². The summed E-state index contributed by atoms with van der Waals surface area (Å²) in [5, 5.41) is 1.50. The minimum Gasteiger partial charge on any atom is -0.201 e. The largest absolute Gasteiger partial charge is 0.212 e. The number of pyridine rings is 5. The van der Waals surface area contributed by atoms with E-state index in [0.717, 1.165) is 30.1 Å².